The Hall–Kier alpha value is -3.48. The monoisotopic (exact) mass is 377 g/mol. The van der Waals surface area contributed by atoms with Crippen LogP contribution in [0.5, 0.6) is 5.75 Å². The van der Waals surface area contributed by atoms with Crippen LogP contribution in [-0.4, -0.2) is 34.5 Å². The van der Waals surface area contributed by atoms with Gasteiger partial charge in [0.05, 0.1) is 12.8 Å². The molecule has 0 bridgehead atoms. The molecule has 7 heteroatoms. The highest BCUT2D eigenvalue weighted by atomic mass is 16.5. The van der Waals surface area contributed by atoms with Crippen molar-refractivity contribution < 1.29 is 9.53 Å². The molecule has 3 N–H and O–H groups in total. The molecule has 0 aliphatic heterocycles. The molecule has 28 heavy (non-hydrogen) atoms. The summed E-state index contributed by atoms with van der Waals surface area (Å²) in [7, 11) is 1.61. The molecule has 7 nitrogen and oxygen atoms in total. The SMILES string of the molecule is COc1ccc(C(N)=O)cc1C(C)CNc1cc(-c2ccc(C)nc2)ncn1. The molecule has 2 aromatic heterocycles. The van der Waals surface area contributed by atoms with Crippen LogP contribution >= 0.6 is 0 Å². The standard InChI is InChI=1S/C21H23N5O2/c1-13(17-8-15(21(22)27)6-7-19(17)28-3)10-24-20-9-18(25-12-26-20)16-5-4-14(2)23-11-16/h4-9,11-13H,10H2,1-3H3,(H2,22,27)(H,24,25,26). The van der Waals surface area contributed by atoms with Gasteiger partial charge in [0.1, 0.15) is 17.9 Å². The number of hydrogen-bond donors (Lipinski definition) is 2. The molecule has 144 valence electrons. The van der Waals surface area contributed by atoms with Crippen LogP contribution in [0, 0.1) is 6.92 Å². The third-order valence-corrected chi connectivity index (χ3v) is 4.51. The predicted molar refractivity (Wildman–Crippen MR) is 108 cm³/mol. The number of carbonyl (C=O) groups is 1. The molecule has 0 saturated heterocycles. The van der Waals surface area contributed by atoms with E-state index in [9.17, 15) is 4.79 Å². The molecule has 1 unspecified atom stereocenters. The number of amides is 1. The number of nitrogens with two attached hydrogens (primary N) is 1. The third-order valence-electron chi connectivity index (χ3n) is 4.51. The first-order chi connectivity index (χ1) is 13.5. The molecule has 0 aliphatic carbocycles. The molecule has 0 radical (unpaired) electrons. The molecule has 0 spiro atoms. The average Bonchev–Trinajstić information content (AvgIpc) is 2.72. The number of aromatic nitrogens is 3. The summed E-state index contributed by atoms with van der Waals surface area (Å²) in [6.45, 7) is 4.59. The highest BCUT2D eigenvalue weighted by Crippen LogP contribution is 2.28. The quantitative estimate of drug-likeness (QED) is 0.655. The molecule has 3 rings (SSSR count). The van der Waals surface area contributed by atoms with Gasteiger partial charge in [-0.15, -0.1) is 0 Å². The van der Waals surface area contributed by atoms with Crippen LogP contribution in [0.25, 0.3) is 11.3 Å². The zero-order valence-corrected chi connectivity index (χ0v) is 16.1. The van der Waals surface area contributed by atoms with Gasteiger partial charge in [0, 0.05) is 41.5 Å². The number of hydrogen-bond acceptors (Lipinski definition) is 6. The maximum atomic E-state index is 11.5. The Labute approximate surface area is 164 Å². The van der Waals surface area contributed by atoms with Crippen molar-refractivity contribution in [3.05, 3.63) is 65.7 Å². The largest absolute Gasteiger partial charge is 0.496 e. The van der Waals surface area contributed by atoms with E-state index in [-0.39, 0.29) is 5.92 Å². The van der Waals surface area contributed by atoms with Crippen molar-refractivity contribution in [2.24, 2.45) is 5.73 Å². The number of carbonyl (C=O) groups excluding carboxylic acids is 1. The highest BCUT2D eigenvalue weighted by molar-refractivity contribution is 5.93. The minimum atomic E-state index is -0.462. The Balaban J connectivity index is 1.75. The van der Waals surface area contributed by atoms with E-state index in [4.69, 9.17) is 10.5 Å². The van der Waals surface area contributed by atoms with Gasteiger partial charge < -0.3 is 15.8 Å². The van der Waals surface area contributed by atoms with E-state index < -0.39 is 5.91 Å². The molecular formula is C21H23N5O2. The molecule has 0 aliphatic rings. The molecule has 2 heterocycles. The van der Waals surface area contributed by atoms with Crippen LogP contribution in [0.3, 0.4) is 0 Å². The Bertz CT molecular complexity index is 973. The van der Waals surface area contributed by atoms with Gasteiger partial charge in [-0.3, -0.25) is 9.78 Å². The summed E-state index contributed by atoms with van der Waals surface area (Å²) in [6.07, 6.45) is 3.32. The number of aryl methyl sites for hydroxylation is 1. The lowest BCUT2D eigenvalue weighted by molar-refractivity contribution is 0.1000. The van der Waals surface area contributed by atoms with Gasteiger partial charge in [0.15, 0.2) is 0 Å². The van der Waals surface area contributed by atoms with Crippen LogP contribution in [0.1, 0.15) is 34.5 Å². The van der Waals surface area contributed by atoms with Gasteiger partial charge in [-0.05, 0) is 42.8 Å². The summed E-state index contributed by atoms with van der Waals surface area (Å²) in [6, 6.07) is 11.0. The van der Waals surface area contributed by atoms with Crippen LogP contribution in [0.4, 0.5) is 5.82 Å². The minimum absolute atomic E-state index is 0.0636. The Kier molecular flexibility index (Phi) is 5.84. The van der Waals surface area contributed by atoms with Crippen LogP contribution in [-0.2, 0) is 0 Å². The van der Waals surface area contributed by atoms with Gasteiger partial charge in [0.2, 0.25) is 5.91 Å². The van der Waals surface area contributed by atoms with Crippen molar-refractivity contribution in [3.63, 3.8) is 0 Å². The van der Waals surface area contributed by atoms with Crippen molar-refractivity contribution in [1.82, 2.24) is 15.0 Å². The second kappa shape index (κ2) is 8.47. The number of pyridine rings is 1. The fourth-order valence-electron chi connectivity index (χ4n) is 2.87. The number of nitrogens with zero attached hydrogens (tertiary/aromatic N) is 3. The van der Waals surface area contributed by atoms with E-state index in [1.807, 2.05) is 32.0 Å². The molecular weight excluding hydrogens is 354 g/mol. The predicted octanol–water partition coefficient (Wildman–Crippen LogP) is 3.17. The lowest BCUT2D eigenvalue weighted by Gasteiger charge is -2.17. The summed E-state index contributed by atoms with van der Waals surface area (Å²) in [5, 5.41) is 3.32. The summed E-state index contributed by atoms with van der Waals surface area (Å²) < 4.78 is 5.43. The Morgan fingerprint density at radius 2 is 2.00 bits per heavy atom. The normalized spacial score (nSPS) is 11.7. The minimum Gasteiger partial charge on any atom is -0.496 e. The number of primary amides is 1. The average molecular weight is 377 g/mol. The van der Waals surface area contributed by atoms with Crippen molar-refractivity contribution in [1.29, 1.82) is 0 Å². The van der Waals surface area contributed by atoms with E-state index in [1.54, 1.807) is 31.5 Å². The summed E-state index contributed by atoms with van der Waals surface area (Å²) >= 11 is 0. The second-order valence-corrected chi connectivity index (χ2v) is 6.58. The van der Waals surface area contributed by atoms with Gasteiger partial charge in [-0.1, -0.05) is 6.92 Å². The van der Waals surface area contributed by atoms with Crippen LogP contribution in [0.2, 0.25) is 0 Å². The van der Waals surface area contributed by atoms with Gasteiger partial charge in [-0.25, -0.2) is 9.97 Å². The summed E-state index contributed by atoms with van der Waals surface area (Å²) in [5.74, 6) is 1.03. The Morgan fingerprint density at radius 1 is 1.18 bits per heavy atom. The maximum absolute atomic E-state index is 11.5. The van der Waals surface area contributed by atoms with E-state index in [2.05, 4.69) is 20.3 Å². The van der Waals surface area contributed by atoms with Crippen molar-refractivity contribution in [2.75, 3.05) is 19.0 Å². The Morgan fingerprint density at radius 3 is 2.68 bits per heavy atom. The van der Waals surface area contributed by atoms with Crippen molar-refractivity contribution in [3.8, 4) is 17.0 Å². The first-order valence-electron chi connectivity index (χ1n) is 8.94. The van der Waals surface area contributed by atoms with Crippen LogP contribution in [0.15, 0.2) is 48.9 Å². The zero-order valence-electron chi connectivity index (χ0n) is 16.1. The molecule has 1 amide bonds. The molecule has 1 aromatic carbocycles. The summed E-state index contributed by atoms with van der Waals surface area (Å²) in [5.41, 5.74) is 9.45. The molecule has 0 fully saturated rings. The lowest BCUT2D eigenvalue weighted by atomic mass is 9.97. The number of ether oxygens (including phenoxy) is 1. The number of rotatable bonds is 7. The van der Waals surface area contributed by atoms with E-state index in [1.165, 1.54) is 6.33 Å². The number of anilines is 1. The van der Waals surface area contributed by atoms with Crippen molar-refractivity contribution >= 4 is 11.7 Å². The third kappa shape index (κ3) is 4.43. The number of nitrogens with one attached hydrogen (secondary N) is 1. The fourth-order valence-corrected chi connectivity index (χ4v) is 2.87. The van der Waals surface area contributed by atoms with E-state index in [0.29, 0.717) is 23.7 Å². The van der Waals surface area contributed by atoms with Crippen LogP contribution < -0.4 is 15.8 Å². The van der Waals surface area contributed by atoms with Gasteiger partial charge in [0.25, 0.3) is 0 Å². The molecule has 3 aromatic rings. The first-order valence-corrected chi connectivity index (χ1v) is 8.94. The smallest absolute Gasteiger partial charge is 0.248 e. The molecule has 1 atom stereocenters. The maximum Gasteiger partial charge on any atom is 0.248 e. The first kappa shape index (κ1) is 19.3. The number of methoxy groups -OCH3 is 1. The van der Waals surface area contributed by atoms with Crippen molar-refractivity contribution in [2.45, 2.75) is 19.8 Å². The van der Waals surface area contributed by atoms with Gasteiger partial charge in [-0.2, -0.15) is 0 Å². The zero-order chi connectivity index (χ0) is 20.1. The van der Waals surface area contributed by atoms with Gasteiger partial charge >= 0.3 is 0 Å². The second-order valence-electron chi connectivity index (χ2n) is 6.58. The van der Waals surface area contributed by atoms with E-state index in [0.717, 1.165) is 22.5 Å². The lowest BCUT2D eigenvalue weighted by Crippen LogP contribution is -2.15. The number of benzene rings is 1. The fraction of sp³-hybridized carbons (Fsp3) is 0.238. The topological polar surface area (TPSA) is 103 Å². The highest BCUT2D eigenvalue weighted by Gasteiger charge is 2.14. The summed E-state index contributed by atoms with van der Waals surface area (Å²) in [4.78, 5) is 24.4. The van der Waals surface area contributed by atoms with E-state index >= 15 is 0 Å². The molecule has 0 saturated carbocycles.